The van der Waals surface area contributed by atoms with Crippen molar-refractivity contribution in [1.82, 2.24) is 9.78 Å². The molecule has 4 nitrogen and oxygen atoms in total. The molecule has 0 bridgehead atoms. The number of hydrogen-bond acceptors (Lipinski definition) is 3. The number of alkyl halides is 2. The van der Waals surface area contributed by atoms with Gasteiger partial charge in [0.1, 0.15) is 5.69 Å². The fourth-order valence-electron chi connectivity index (χ4n) is 2.95. The Kier molecular flexibility index (Phi) is 5.42. The van der Waals surface area contributed by atoms with Crippen LogP contribution in [0.4, 0.5) is 8.78 Å². The van der Waals surface area contributed by atoms with Gasteiger partial charge in [0, 0.05) is 24.8 Å². The summed E-state index contributed by atoms with van der Waals surface area (Å²) in [5, 5.41) is 4.44. The molecule has 2 N–H and O–H groups in total. The van der Waals surface area contributed by atoms with E-state index in [1.807, 2.05) is 31.6 Å². The normalized spacial score (nSPS) is 27.0. The van der Waals surface area contributed by atoms with Crippen LogP contribution in [0.5, 0.6) is 5.75 Å². The predicted octanol–water partition coefficient (Wildman–Crippen LogP) is 3.69. The van der Waals surface area contributed by atoms with Crippen molar-refractivity contribution in [3.63, 3.8) is 0 Å². The van der Waals surface area contributed by atoms with E-state index in [0.717, 1.165) is 18.5 Å². The van der Waals surface area contributed by atoms with Crippen LogP contribution in [0.2, 0.25) is 0 Å². The zero-order valence-corrected chi connectivity index (χ0v) is 13.7. The molecule has 2 fully saturated rings. The lowest BCUT2D eigenvalue weighted by molar-refractivity contribution is 0.00238. The van der Waals surface area contributed by atoms with Crippen LogP contribution in [0.3, 0.4) is 0 Å². The number of ether oxygens (including phenoxy) is 1. The van der Waals surface area contributed by atoms with E-state index in [9.17, 15) is 8.78 Å². The molecule has 0 radical (unpaired) electrons. The van der Waals surface area contributed by atoms with Gasteiger partial charge in [-0.05, 0) is 26.2 Å². The van der Waals surface area contributed by atoms with Gasteiger partial charge in [-0.15, -0.1) is 0 Å². The van der Waals surface area contributed by atoms with Crippen molar-refractivity contribution in [2.75, 3.05) is 6.61 Å². The Morgan fingerprint density at radius 1 is 1.36 bits per heavy atom. The summed E-state index contributed by atoms with van der Waals surface area (Å²) in [4.78, 5) is 0. The minimum Gasteiger partial charge on any atom is -0.490 e. The van der Waals surface area contributed by atoms with Crippen LogP contribution >= 0.6 is 0 Å². The molecule has 0 spiro atoms. The van der Waals surface area contributed by atoms with Crippen molar-refractivity contribution in [3.05, 3.63) is 11.9 Å². The first-order valence-electron chi connectivity index (χ1n) is 8.26. The van der Waals surface area contributed by atoms with Gasteiger partial charge in [0.05, 0.1) is 18.8 Å². The largest absolute Gasteiger partial charge is 0.490 e. The molecule has 1 aromatic rings. The van der Waals surface area contributed by atoms with Crippen molar-refractivity contribution in [3.8, 4) is 5.75 Å². The molecule has 0 aliphatic heterocycles. The second-order valence-corrected chi connectivity index (χ2v) is 6.14. The molecule has 0 aromatic carbocycles. The highest BCUT2D eigenvalue weighted by atomic mass is 19.3. The third-order valence-corrected chi connectivity index (χ3v) is 4.47. The zero-order chi connectivity index (χ0) is 16.3. The molecule has 6 heteroatoms. The van der Waals surface area contributed by atoms with Gasteiger partial charge >= 0.3 is 0 Å². The van der Waals surface area contributed by atoms with E-state index in [-0.39, 0.29) is 25.4 Å². The Hall–Kier alpha value is -1.17. The van der Waals surface area contributed by atoms with Crippen molar-refractivity contribution in [2.24, 2.45) is 11.7 Å². The van der Waals surface area contributed by atoms with Gasteiger partial charge in [0.2, 0.25) is 5.92 Å². The maximum atomic E-state index is 13.3. The minimum absolute atomic E-state index is 0.177. The SMILES string of the molecule is CC.Cc1nn(C2CCC2)cc1OCC1CC(F)(F)CC1N. The zero-order valence-electron chi connectivity index (χ0n) is 13.7. The first-order valence-corrected chi connectivity index (χ1v) is 8.26. The Bertz CT molecular complexity index is 486. The van der Waals surface area contributed by atoms with E-state index in [1.165, 1.54) is 6.42 Å². The van der Waals surface area contributed by atoms with Crippen LogP contribution in [-0.4, -0.2) is 28.4 Å². The predicted molar refractivity (Wildman–Crippen MR) is 82.3 cm³/mol. The molecule has 0 amide bonds. The van der Waals surface area contributed by atoms with Gasteiger partial charge in [-0.2, -0.15) is 5.10 Å². The molecule has 2 aliphatic rings. The quantitative estimate of drug-likeness (QED) is 0.922. The van der Waals surface area contributed by atoms with Crippen LogP contribution in [0.1, 0.15) is 57.7 Å². The molecule has 126 valence electrons. The van der Waals surface area contributed by atoms with E-state index in [4.69, 9.17) is 10.5 Å². The summed E-state index contributed by atoms with van der Waals surface area (Å²) in [5.41, 5.74) is 6.58. The van der Waals surface area contributed by atoms with Gasteiger partial charge in [0.15, 0.2) is 5.75 Å². The Labute approximate surface area is 131 Å². The maximum absolute atomic E-state index is 13.3. The highest BCUT2D eigenvalue weighted by Gasteiger charge is 2.45. The number of aromatic nitrogens is 2. The van der Waals surface area contributed by atoms with Crippen molar-refractivity contribution in [2.45, 2.75) is 70.9 Å². The third kappa shape index (κ3) is 3.77. The van der Waals surface area contributed by atoms with E-state index in [2.05, 4.69) is 5.10 Å². The molecule has 1 aromatic heterocycles. The van der Waals surface area contributed by atoms with Crippen LogP contribution in [0.25, 0.3) is 0 Å². The van der Waals surface area contributed by atoms with Gasteiger partial charge in [-0.1, -0.05) is 13.8 Å². The monoisotopic (exact) mass is 315 g/mol. The number of nitrogens with zero attached hydrogens (tertiary/aromatic N) is 2. The lowest BCUT2D eigenvalue weighted by Gasteiger charge is -2.25. The Morgan fingerprint density at radius 3 is 2.55 bits per heavy atom. The highest BCUT2D eigenvalue weighted by Crippen LogP contribution is 2.38. The van der Waals surface area contributed by atoms with E-state index >= 15 is 0 Å². The lowest BCUT2D eigenvalue weighted by Crippen LogP contribution is -2.29. The topological polar surface area (TPSA) is 53.1 Å². The molecular weight excluding hydrogens is 288 g/mol. The molecule has 2 atom stereocenters. The minimum atomic E-state index is -2.64. The summed E-state index contributed by atoms with van der Waals surface area (Å²) < 4.78 is 34.2. The Morgan fingerprint density at radius 2 is 2.05 bits per heavy atom. The highest BCUT2D eigenvalue weighted by molar-refractivity contribution is 5.23. The van der Waals surface area contributed by atoms with Gasteiger partial charge in [-0.25, -0.2) is 8.78 Å². The summed E-state index contributed by atoms with van der Waals surface area (Å²) in [6, 6.07) is -0.00361. The van der Waals surface area contributed by atoms with Crippen molar-refractivity contribution >= 4 is 0 Å². The second kappa shape index (κ2) is 6.94. The molecule has 1 heterocycles. The van der Waals surface area contributed by atoms with Crippen LogP contribution in [-0.2, 0) is 0 Å². The second-order valence-electron chi connectivity index (χ2n) is 6.14. The summed E-state index contributed by atoms with van der Waals surface area (Å²) in [6.45, 7) is 6.13. The number of halogens is 2. The fraction of sp³-hybridized carbons (Fsp3) is 0.812. The summed E-state index contributed by atoms with van der Waals surface area (Å²) in [7, 11) is 0. The van der Waals surface area contributed by atoms with E-state index < -0.39 is 12.0 Å². The Balaban J connectivity index is 0.000000847. The molecule has 0 saturated heterocycles. The van der Waals surface area contributed by atoms with E-state index in [1.54, 1.807) is 0 Å². The molecule has 22 heavy (non-hydrogen) atoms. The van der Waals surface area contributed by atoms with Crippen LogP contribution < -0.4 is 10.5 Å². The standard InChI is InChI=1S/C14H21F2N3O.C2H6/c1-9-13(7-19(18-9)11-3-2-4-11)20-8-10-5-14(15,16)6-12(10)17;1-2/h7,10-12H,2-6,8,17H2,1H3;1-2H3. The van der Waals surface area contributed by atoms with Crippen molar-refractivity contribution < 1.29 is 13.5 Å². The van der Waals surface area contributed by atoms with Gasteiger partial charge < -0.3 is 10.5 Å². The lowest BCUT2D eigenvalue weighted by atomic mass is 9.93. The number of aryl methyl sites for hydroxylation is 1. The van der Waals surface area contributed by atoms with Crippen LogP contribution in [0.15, 0.2) is 6.20 Å². The first kappa shape index (κ1) is 17.2. The summed E-state index contributed by atoms with van der Waals surface area (Å²) in [6.07, 6.45) is 5.02. The van der Waals surface area contributed by atoms with Gasteiger partial charge in [-0.3, -0.25) is 4.68 Å². The number of nitrogens with two attached hydrogens (primary N) is 1. The molecule has 2 saturated carbocycles. The smallest absolute Gasteiger partial charge is 0.250 e. The maximum Gasteiger partial charge on any atom is 0.250 e. The number of rotatable bonds is 4. The molecule has 3 rings (SSSR count). The molecule has 2 aliphatic carbocycles. The summed E-state index contributed by atoms with van der Waals surface area (Å²) >= 11 is 0. The van der Waals surface area contributed by atoms with E-state index in [0.29, 0.717) is 11.8 Å². The molecule has 2 unspecified atom stereocenters. The van der Waals surface area contributed by atoms with Crippen molar-refractivity contribution in [1.29, 1.82) is 0 Å². The first-order chi connectivity index (χ1) is 10.4. The van der Waals surface area contributed by atoms with Gasteiger partial charge in [0.25, 0.3) is 0 Å². The average Bonchev–Trinajstić information content (AvgIpc) is 2.87. The average molecular weight is 315 g/mol. The molecular formula is C16H27F2N3O. The number of hydrogen-bond donors (Lipinski definition) is 1. The van der Waals surface area contributed by atoms with Crippen LogP contribution in [0, 0.1) is 12.8 Å². The summed E-state index contributed by atoms with van der Waals surface area (Å²) in [5.74, 6) is -2.23. The third-order valence-electron chi connectivity index (χ3n) is 4.47. The fourth-order valence-corrected chi connectivity index (χ4v) is 2.95.